The van der Waals surface area contributed by atoms with Crippen LogP contribution >= 0.6 is 9.24 Å². The molecule has 3 aromatic carbocycles. The number of amidine groups is 1. The van der Waals surface area contributed by atoms with Crippen LogP contribution in [0.2, 0.25) is 0 Å². The number of nitrogens with zero attached hydrogens (tertiary/aromatic N) is 1. The van der Waals surface area contributed by atoms with E-state index < -0.39 is 40.5 Å². The van der Waals surface area contributed by atoms with E-state index in [1.54, 1.807) is 12.1 Å². The molecule has 4 rings (SSSR count). The van der Waals surface area contributed by atoms with Crippen LogP contribution in [0.4, 0.5) is 39.4 Å². The van der Waals surface area contributed by atoms with Crippen molar-refractivity contribution in [3.05, 3.63) is 102 Å². The molecule has 0 fully saturated rings. The number of hydrogen-bond acceptors (Lipinski definition) is 4. The number of aliphatic imine (C=N–C) groups is 1. The monoisotopic (exact) mass is 615 g/mol. The van der Waals surface area contributed by atoms with Gasteiger partial charge in [-0.1, -0.05) is 47.7 Å². The molecule has 0 radical (unpaired) electrons. The first-order valence-electron chi connectivity index (χ1n) is 13.0. The summed E-state index contributed by atoms with van der Waals surface area (Å²) >= 11 is 0. The second kappa shape index (κ2) is 14.5. The van der Waals surface area contributed by atoms with Gasteiger partial charge in [0.1, 0.15) is 17.4 Å². The van der Waals surface area contributed by atoms with Crippen molar-refractivity contribution in [1.29, 1.82) is 0 Å². The predicted octanol–water partition coefficient (Wildman–Crippen LogP) is 7.27. The van der Waals surface area contributed by atoms with Crippen LogP contribution in [0, 0.1) is 11.6 Å². The van der Waals surface area contributed by atoms with Crippen LogP contribution in [0.25, 0.3) is 11.1 Å². The Morgan fingerprint density at radius 2 is 1.67 bits per heavy atom. The number of carbonyl (C=O) groups is 2. The molecule has 8 nitrogen and oxygen atoms in total. The van der Waals surface area contributed by atoms with E-state index in [0.717, 1.165) is 18.2 Å². The molecule has 226 valence electrons. The van der Waals surface area contributed by atoms with Crippen molar-refractivity contribution >= 4 is 44.1 Å². The smallest absolute Gasteiger partial charge is 0.323 e. The summed E-state index contributed by atoms with van der Waals surface area (Å²) in [6.45, 7) is 4.25. The summed E-state index contributed by atoms with van der Waals surface area (Å²) in [6, 6.07) is 13.6. The molecule has 1 unspecified atom stereocenters. The van der Waals surface area contributed by atoms with Crippen LogP contribution in [0.3, 0.4) is 0 Å². The second-order valence-corrected chi connectivity index (χ2v) is 9.94. The standard InChI is InChI=1S/C27H22F4N5O3P.C3H8/c28-20-10-5-15(27(30,31)40)12-21(20)35-26(38)34-16-6-3-14(4-7-16)18-8-9-19(24(32)23(18)29)25(33)36-22(37)13-17-2-1-11-39-17;1-3-2/h1-12H,13,32,40H2,(H2,33,36,37)(H2,34,35,38);3H2,1-2H3. The second-order valence-electron chi connectivity index (χ2n) is 9.22. The van der Waals surface area contributed by atoms with Gasteiger partial charge in [0.05, 0.1) is 24.1 Å². The fourth-order valence-electron chi connectivity index (χ4n) is 3.68. The van der Waals surface area contributed by atoms with Crippen molar-refractivity contribution < 1.29 is 31.6 Å². The molecule has 1 aromatic heterocycles. The quantitative estimate of drug-likeness (QED) is 0.0570. The first-order chi connectivity index (χ1) is 20.3. The minimum Gasteiger partial charge on any atom is -0.469 e. The number of urea groups is 1. The van der Waals surface area contributed by atoms with E-state index in [-0.39, 0.29) is 34.8 Å². The maximum atomic E-state index is 15.2. The van der Waals surface area contributed by atoms with Crippen LogP contribution in [0.5, 0.6) is 0 Å². The van der Waals surface area contributed by atoms with Crippen molar-refractivity contribution in [1.82, 2.24) is 0 Å². The van der Waals surface area contributed by atoms with Gasteiger partial charge in [0.15, 0.2) is 5.82 Å². The maximum Gasteiger partial charge on any atom is 0.323 e. The zero-order valence-electron chi connectivity index (χ0n) is 23.3. The van der Waals surface area contributed by atoms with E-state index in [4.69, 9.17) is 15.9 Å². The van der Waals surface area contributed by atoms with Gasteiger partial charge < -0.3 is 26.5 Å². The predicted molar refractivity (Wildman–Crippen MR) is 163 cm³/mol. The number of anilines is 3. The highest BCUT2D eigenvalue weighted by Crippen LogP contribution is 2.36. The van der Waals surface area contributed by atoms with Gasteiger partial charge >= 0.3 is 6.03 Å². The molecule has 1 atom stereocenters. The Labute approximate surface area is 247 Å². The molecule has 43 heavy (non-hydrogen) atoms. The molecule has 0 spiro atoms. The summed E-state index contributed by atoms with van der Waals surface area (Å²) in [5, 5.41) is 4.62. The fourth-order valence-corrected chi connectivity index (χ4v) is 3.86. The van der Waals surface area contributed by atoms with E-state index in [1.807, 2.05) is 0 Å². The number of amides is 3. The highest BCUT2D eigenvalue weighted by Gasteiger charge is 2.25. The number of halogens is 4. The SMILES string of the molecule is CCC.NC(=NC(=O)Cc1ccco1)c1ccc(-c2ccc(NC(=O)Nc3cc(C(F)(F)P)ccc3F)cc2)c(F)c1N. The number of hydrogen-bond donors (Lipinski definition) is 4. The van der Waals surface area contributed by atoms with Crippen LogP contribution in [-0.2, 0) is 16.9 Å². The van der Waals surface area contributed by atoms with Gasteiger partial charge in [-0.15, -0.1) is 0 Å². The first-order valence-corrected chi connectivity index (χ1v) is 13.5. The van der Waals surface area contributed by atoms with Crippen LogP contribution < -0.4 is 22.1 Å². The number of carbonyl (C=O) groups excluding carboxylic acids is 2. The van der Waals surface area contributed by atoms with Gasteiger partial charge in [-0.2, -0.15) is 13.8 Å². The number of furan rings is 1. The minimum atomic E-state index is -3.30. The summed E-state index contributed by atoms with van der Waals surface area (Å²) in [7, 11) is 1.33. The molecule has 0 saturated carbocycles. The van der Waals surface area contributed by atoms with E-state index in [9.17, 15) is 22.8 Å². The van der Waals surface area contributed by atoms with Crippen LogP contribution in [0.15, 0.2) is 82.4 Å². The van der Waals surface area contributed by atoms with Gasteiger partial charge in [-0.05, 0) is 54.1 Å². The Morgan fingerprint density at radius 3 is 2.28 bits per heavy atom. The molecule has 6 N–H and O–H groups in total. The third-order valence-electron chi connectivity index (χ3n) is 5.66. The van der Waals surface area contributed by atoms with Gasteiger partial charge in [0, 0.05) is 22.4 Å². The molecular formula is C30H30F4N5O3P. The first kappa shape index (κ1) is 32.8. The third kappa shape index (κ3) is 8.89. The van der Waals surface area contributed by atoms with Gasteiger partial charge in [-0.25, -0.2) is 13.6 Å². The third-order valence-corrected chi connectivity index (χ3v) is 5.99. The summed E-state index contributed by atoms with van der Waals surface area (Å²) < 4.78 is 61.3. The number of alkyl halides is 2. The molecule has 0 saturated heterocycles. The van der Waals surface area contributed by atoms with E-state index in [1.165, 1.54) is 58.3 Å². The maximum absolute atomic E-state index is 15.2. The topological polar surface area (TPSA) is 136 Å². The van der Waals surface area contributed by atoms with Gasteiger partial charge in [-0.3, -0.25) is 4.79 Å². The number of benzene rings is 3. The van der Waals surface area contributed by atoms with Crippen molar-refractivity contribution in [3.63, 3.8) is 0 Å². The molecule has 0 bridgehead atoms. The zero-order valence-corrected chi connectivity index (χ0v) is 24.4. The minimum absolute atomic E-state index is 0.0414. The molecule has 0 aliphatic carbocycles. The average molecular weight is 616 g/mol. The molecule has 1 heterocycles. The van der Waals surface area contributed by atoms with Crippen molar-refractivity contribution in [2.24, 2.45) is 10.7 Å². The lowest BCUT2D eigenvalue weighted by atomic mass is 10.0. The largest absolute Gasteiger partial charge is 0.469 e. The molecule has 0 aliphatic heterocycles. The zero-order chi connectivity index (χ0) is 31.7. The van der Waals surface area contributed by atoms with Crippen LogP contribution in [-0.4, -0.2) is 17.8 Å². The van der Waals surface area contributed by atoms with Crippen molar-refractivity contribution in [3.8, 4) is 11.1 Å². The molecule has 4 aromatic rings. The fraction of sp³-hybridized carbons (Fsp3) is 0.167. The molecular weight excluding hydrogens is 585 g/mol. The lowest BCUT2D eigenvalue weighted by Crippen LogP contribution is -2.20. The van der Waals surface area contributed by atoms with Gasteiger partial charge in [0.25, 0.3) is 11.6 Å². The van der Waals surface area contributed by atoms with E-state index in [2.05, 4.69) is 29.5 Å². The average Bonchev–Trinajstić information content (AvgIpc) is 3.44. The Hall–Kier alpha value is -4.70. The summed E-state index contributed by atoms with van der Waals surface area (Å²) in [5.74, 6) is -2.15. The lowest BCUT2D eigenvalue weighted by Gasteiger charge is -2.14. The lowest BCUT2D eigenvalue weighted by molar-refractivity contribution is -0.117. The summed E-state index contributed by atoms with van der Waals surface area (Å²) in [6.07, 6.45) is 2.54. The number of rotatable bonds is 7. The van der Waals surface area contributed by atoms with E-state index in [0.29, 0.717) is 11.3 Å². The highest BCUT2D eigenvalue weighted by atomic mass is 31.0. The van der Waals surface area contributed by atoms with Gasteiger partial charge in [0.2, 0.25) is 0 Å². The highest BCUT2D eigenvalue weighted by molar-refractivity contribution is 7.17. The van der Waals surface area contributed by atoms with E-state index >= 15 is 4.39 Å². The normalized spacial score (nSPS) is 11.4. The molecule has 0 aliphatic rings. The Morgan fingerprint density at radius 1 is 1.00 bits per heavy atom. The number of nitrogens with two attached hydrogens (primary N) is 2. The molecule has 13 heteroatoms. The Kier molecular flexibility index (Phi) is 11.0. The number of nitrogens with one attached hydrogen (secondary N) is 2. The summed E-state index contributed by atoms with van der Waals surface area (Å²) in [4.78, 5) is 28.2. The van der Waals surface area contributed by atoms with Crippen LogP contribution in [0.1, 0.15) is 37.2 Å². The number of nitrogen functional groups attached to an aromatic ring is 1. The Balaban J connectivity index is 0.00000162. The molecule has 3 amide bonds. The van der Waals surface area contributed by atoms with Crippen molar-refractivity contribution in [2.45, 2.75) is 32.4 Å². The van der Waals surface area contributed by atoms with Crippen molar-refractivity contribution in [2.75, 3.05) is 16.4 Å². The Bertz CT molecular complexity index is 1610. The summed E-state index contributed by atoms with van der Waals surface area (Å²) in [5.41, 5.74) is 8.09.